The van der Waals surface area contributed by atoms with Gasteiger partial charge in [0.1, 0.15) is 0 Å². The average molecular weight is 318 g/mol. The summed E-state index contributed by atoms with van der Waals surface area (Å²) in [6.07, 6.45) is 1.97. The molecule has 0 atom stereocenters. The van der Waals surface area contributed by atoms with E-state index in [4.69, 9.17) is 5.84 Å². The van der Waals surface area contributed by atoms with Crippen molar-refractivity contribution in [3.8, 4) is 0 Å². The second-order valence-electron chi connectivity index (χ2n) is 3.33. The largest absolute Gasteiger partial charge is 0.277 e. The van der Waals surface area contributed by atoms with Gasteiger partial charge in [-0.3, -0.25) is 9.80 Å². The zero-order valence-corrected chi connectivity index (χ0v) is 10.9. The SMILES string of the molecule is CCCCN(N)C(=O)c1ccccc1I. The van der Waals surface area contributed by atoms with E-state index in [1.807, 2.05) is 18.2 Å². The Kier molecular flexibility index (Phi) is 5.04. The van der Waals surface area contributed by atoms with Gasteiger partial charge in [-0.1, -0.05) is 25.5 Å². The first-order valence-electron chi connectivity index (χ1n) is 4.98. The summed E-state index contributed by atoms with van der Waals surface area (Å²) >= 11 is 2.14. The highest BCUT2D eigenvalue weighted by molar-refractivity contribution is 14.1. The molecule has 0 aliphatic carbocycles. The van der Waals surface area contributed by atoms with Crippen molar-refractivity contribution < 1.29 is 4.79 Å². The van der Waals surface area contributed by atoms with Crippen LogP contribution < -0.4 is 5.84 Å². The molecule has 0 aliphatic heterocycles. The molecule has 0 unspecified atom stereocenters. The van der Waals surface area contributed by atoms with Crippen LogP contribution in [0.5, 0.6) is 0 Å². The number of carbonyl (C=O) groups is 1. The fourth-order valence-electron chi connectivity index (χ4n) is 1.22. The Balaban J connectivity index is 2.72. The Labute approximate surface area is 104 Å². The lowest BCUT2D eigenvalue weighted by molar-refractivity contribution is 0.0752. The van der Waals surface area contributed by atoms with Crippen LogP contribution in [0.3, 0.4) is 0 Å². The van der Waals surface area contributed by atoms with E-state index in [-0.39, 0.29) is 5.91 Å². The van der Waals surface area contributed by atoms with Crippen molar-refractivity contribution >= 4 is 28.5 Å². The summed E-state index contributed by atoms with van der Waals surface area (Å²) in [5, 5.41) is 1.29. The van der Waals surface area contributed by atoms with Gasteiger partial charge in [-0.05, 0) is 41.1 Å². The summed E-state index contributed by atoms with van der Waals surface area (Å²) in [6, 6.07) is 7.46. The van der Waals surface area contributed by atoms with Crippen molar-refractivity contribution in [3.63, 3.8) is 0 Å². The number of carbonyl (C=O) groups excluding carboxylic acids is 1. The maximum Gasteiger partial charge on any atom is 0.268 e. The van der Waals surface area contributed by atoms with E-state index < -0.39 is 0 Å². The van der Waals surface area contributed by atoms with Crippen LogP contribution in [0.2, 0.25) is 0 Å². The Morgan fingerprint density at radius 2 is 2.13 bits per heavy atom. The van der Waals surface area contributed by atoms with E-state index in [1.165, 1.54) is 5.01 Å². The predicted molar refractivity (Wildman–Crippen MR) is 69.3 cm³/mol. The van der Waals surface area contributed by atoms with Crippen LogP contribution in [-0.4, -0.2) is 17.5 Å². The van der Waals surface area contributed by atoms with E-state index in [0.29, 0.717) is 12.1 Å². The lowest BCUT2D eigenvalue weighted by Gasteiger charge is -2.16. The molecule has 0 radical (unpaired) electrons. The van der Waals surface area contributed by atoms with Crippen molar-refractivity contribution in [3.05, 3.63) is 33.4 Å². The van der Waals surface area contributed by atoms with Gasteiger partial charge in [0.25, 0.3) is 5.91 Å². The second-order valence-corrected chi connectivity index (χ2v) is 4.49. The first kappa shape index (κ1) is 12.4. The van der Waals surface area contributed by atoms with Crippen molar-refractivity contribution in [2.75, 3.05) is 6.54 Å². The topological polar surface area (TPSA) is 46.3 Å². The molecule has 0 aliphatic rings. The van der Waals surface area contributed by atoms with Crippen molar-refractivity contribution in [1.82, 2.24) is 5.01 Å². The molecule has 3 nitrogen and oxygen atoms in total. The molecule has 1 aromatic rings. The van der Waals surface area contributed by atoms with E-state index >= 15 is 0 Å². The lowest BCUT2D eigenvalue weighted by atomic mass is 10.2. The molecule has 0 bridgehead atoms. The number of amides is 1. The Morgan fingerprint density at radius 3 is 2.73 bits per heavy atom. The highest BCUT2D eigenvalue weighted by atomic mass is 127. The van der Waals surface area contributed by atoms with Crippen LogP contribution >= 0.6 is 22.6 Å². The van der Waals surface area contributed by atoms with Crippen molar-refractivity contribution in [1.29, 1.82) is 0 Å². The minimum atomic E-state index is -0.103. The number of hydrogen-bond acceptors (Lipinski definition) is 2. The molecular formula is C11H15IN2O. The number of unbranched alkanes of at least 4 members (excludes halogenated alkanes) is 1. The molecule has 0 heterocycles. The molecule has 15 heavy (non-hydrogen) atoms. The van der Waals surface area contributed by atoms with Gasteiger partial charge in [-0.15, -0.1) is 0 Å². The number of halogens is 1. The lowest BCUT2D eigenvalue weighted by Crippen LogP contribution is -2.38. The summed E-state index contributed by atoms with van der Waals surface area (Å²) in [5.41, 5.74) is 0.678. The Hall–Kier alpha value is -0.620. The molecule has 0 aromatic heterocycles. The Bertz CT molecular complexity index is 341. The summed E-state index contributed by atoms with van der Waals surface area (Å²) in [6.45, 7) is 2.69. The number of rotatable bonds is 4. The highest BCUT2D eigenvalue weighted by Crippen LogP contribution is 2.12. The molecule has 0 saturated heterocycles. The maximum absolute atomic E-state index is 11.9. The van der Waals surface area contributed by atoms with E-state index in [0.717, 1.165) is 16.4 Å². The van der Waals surface area contributed by atoms with Gasteiger partial charge < -0.3 is 0 Å². The number of hydrogen-bond donors (Lipinski definition) is 1. The van der Waals surface area contributed by atoms with Gasteiger partial charge >= 0.3 is 0 Å². The van der Waals surface area contributed by atoms with Crippen molar-refractivity contribution in [2.24, 2.45) is 5.84 Å². The fourth-order valence-corrected chi connectivity index (χ4v) is 1.84. The summed E-state index contributed by atoms with van der Waals surface area (Å²) < 4.78 is 0.937. The van der Waals surface area contributed by atoms with Crippen LogP contribution in [0.4, 0.5) is 0 Å². The number of nitrogens with zero attached hydrogens (tertiary/aromatic N) is 1. The molecule has 1 aromatic carbocycles. The molecule has 0 fully saturated rings. The number of benzene rings is 1. The van der Waals surface area contributed by atoms with Crippen LogP contribution in [0.25, 0.3) is 0 Å². The van der Waals surface area contributed by atoms with Crippen LogP contribution in [0.1, 0.15) is 30.1 Å². The molecule has 82 valence electrons. The third-order valence-electron chi connectivity index (χ3n) is 2.12. The van der Waals surface area contributed by atoms with Gasteiger partial charge in [0.15, 0.2) is 0 Å². The highest BCUT2D eigenvalue weighted by Gasteiger charge is 2.13. The summed E-state index contributed by atoms with van der Waals surface area (Å²) in [7, 11) is 0. The monoisotopic (exact) mass is 318 g/mol. The number of nitrogens with two attached hydrogens (primary N) is 1. The average Bonchev–Trinajstić information content (AvgIpc) is 2.25. The summed E-state index contributed by atoms with van der Waals surface area (Å²) in [5.74, 6) is 5.58. The van der Waals surface area contributed by atoms with E-state index in [9.17, 15) is 4.79 Å². The third-order valence-corrected chi connectivity index (χ3v) is 3.06. The van der Waals surface area contributed by atoms with Gasteiger partial charge in [0, 0.05) is 10.1 Å². The quantitative estimate of drug-likeness (QED) is 0.401. The number of hydrazine groups is 1. The van der Waals surface area contributed by atoms with Gasteiger partial charge in [0.2, 0.25) is 0 Å². The molecule has 0 spiro atoms. The second kappa shape index (κ2) is 6.07. The zero-order chi connectivity index (χ0) is 11.3. The smallest absolute Gasteiger partial charge is 0.268 e. The third kappa shape index (κ3) is 3.46. The minimum absolute atomic E-state index is 0.103. The minimum Gasteiger partial charge on any atom is -0.277 e. The molecule has 1 amide bonds. The van der Waals surface area contributed by atoms with Crippen LogP contribution in [0.15, 0.2) is 24.3 Å². The van der Waals surface area contributed by atoms with E-state index in [2.05, 4.69) is 29.5 Å². The molecule has 0 saturated carbocycles. The molecule has 4 heteroatoms. The normalized spacial score (nSPS) is 10.1. The van der Waals surface area contributed by atoms with Crippen LogP contribution in [0, 0.1) is 3.57 Å². The van der Waals surface area contributed by atoms with Gasteiger partial charge in [0.05, 0.1) is 5.56 Å². The molecular weight excluding hydrogens is 303 g/mol. The first-order chi connectivity index (χ1) is 7.16. The zero-order valence-electron chi connectivity index (χ0n) is 8.74. The fraction of sp³-hybridized carbons (Fsp3) is 0.364. The van der Waals surface area contributed by atoms with Crippen LogP contribution in [-0.2, 0) is 0 Å². The van der Waals surface area contributed by atoms with E-state index in [1.54, 1.807) is 6.07 Å². The van der Waals surface area contributed by atoms with Gasteiger partial charge in [-0.25, -0.2) is 5.84 Å². The molecule has 1 rings (SSSR count). The molecule has 2 N–H and O–H groups in total. The Morgan fingerprint density at radius 1 is 1.47 bits per heavy atom. The standard InChI is InChI=1S/C11H15IN2O/c1-2-3-8-14(13)11(15)9-6-4-5-7-10(9)12/h4-7H,2-3,8,13H2,1H3. The summed E-state index contributed by atoms with van der Waals surface area (Å²) in [4.78, 5) is 11.9. The predicted octanol–water partition coefficient (Wildman–Crippen LogP) is 2.41. The van der Waals surface area contributed by atoms with Gasteiger partial charge in [-0.2, -0.15) is 0 Å². The first-order valence-corrected chi connectivity index (χ1v) is 6.05. The van der Waals surface area contributed by atoms with Crippen molar-refractivity contribution in [2.45, 2.75) is 19.8 Å². The maximum atomic E-state index is 11.9.